The van der Waals surface area contributed by atoms with Crippen LogP contribution in [0, 0.1) is 6.92 Å². The zero-order chi connectivity index (χ0) is 13.9. The normalized spacial score (nSPS) is 12.5. The van der Waals surface area contributed by atoms with Crippen LogP contribution in [0.25, 0.3) is 10.8 Å². The Bertz CT molecular complexity index is 725. The molecule has 1 unspecified atom stereocenters. The molecule has 0 amide bonds. The van der Waals surface area contributed by atoms with Gasteiger partial charge in [-0.15, -0.1) is 0 Å². The molecule has 0 saturated carbocycles. The molecule has 20 heavy (non-hydrogen) atoms. The Morgan fingerprint density at radius 1 is 0.900 bits per heavy atom. The number of alkyl halides is 1. The quantitative estimate of drug-likeness (QED) is 0.532. The molecule has 0 nitrogen and oxygen atoms in total. The summed E-state index contributed by atoms with van der Waals surface area (Å²) in [6, 6.07) is 23.9. The third-order valence-electron chi connectivity index (χ3n) is 3.66. The molecule has 0 bridgehead atoms. The third kappa shape index (κ3) is 2.78. The van der Waals surface area contributed by atoms with Crippen LogP contribution in [0.1, 0.15) is 21.5 Å². The molecule has 0 aliphatic heterocycles. The second kappa shape index (κ2) is 5.80. The van der Waals surface area contributed by atoms with Gasteiger partial charge in [-0.25, -0.2) is 0 Å². The van der Waals surface area contributed by atoms with E-state index in [0.717, 1.165) is 6.42 Å². The molecule has 0 fully saturated rings. The van der Waals surface area contributed by atoms with Gasteiger partial charge in [0.2, 0.25) is 0 Å². The molecule has 1 heteroatoms. The Labute approximate surface area is 128 Å². The van der Waals surface area contributed by atoms with Crippen LogP contribution < -0.4 is 0 Å². The molecule has 0 N–H and O–H groups in total. The highest BCUT2D eigenvalue weighted by Gasteiger charge is 2.11. The second-order valence-corrected chi connectivity index (χ2v) is 6.33. The van der Waals surface area contributed by atoms with Gasteiger partial charge in [-0.2, -0.15) is 0 Å². The lowest BCUT2D eigenvalue weighted by Gasteiger charge is -2.13. The van der Waals surface area contributed by atoms with Crippen molar-refractivity contribution in [3.63, 3.8) is 0 Å². The summed E-state index contributed by atoms with van der Waals surface area (Å²) in [5.74, 6) is 0. The van der Waals surface area contributed by atoms with Crippen LogP contribution in [0.5, 0.6) is 0 Å². The first-order valence-corrected chi connectivity index (χ1v) is 7.83. The third-order valence-corrected chi connectivity index (χ3v) is 4.48. The Kier molecular flexibility index (Phi) is 3.88. The number of rotatable bonds is 3. The summed E-state index contributed by atoms with van der Waals surface area (Å²) in [6.45, 7) is 2.14. The summed E-state index contributed by atoms with van der Waals surface area (Å²) >= 11 is 3.87. The van der Waals surface area contributed by atoms with Crippen molar-refractivity contribution in [3.05, 3.63) is 83.4 Å². The van der Waals surface area contributed by atoms with Crippen LogP contribution in [0.4, 0.5) is 0 Å². The van der Waals surface area contributed by atoms with E-state index in [1.807, 2.05) is 0 Å². The molecule has 3 rings (SSSR count). The van der Waals surface area contributed by atoms with Gasteiger partial charge in [0.15, 0.2) is 0 Å². The van der Waals surface area contributed by atoms with Crippen molar-refractivity contribution in [1.29, 1.82) is 0 Å². The first kappa shape index (κ1) is 13.4. The molecule has 3 aromatic carbocycles. The predicted octanol–water partition coefficient (Wildman–Crippen LogP) is 5.83. The van der Waals surface area contributed by atoms with Gasteiger partial charge in [0.05, 0.1) is 0 Å². The minimum atomic E-state index is 0.343. The van der Waals surface area contributed by atoms with Crippen LogP contribution in [-0.4, -0.2) is 0 Å². The zero-order valence-corrected chi connectivity index (χ0v) is 13.1. The van der Waals surface area contributed by atoms with Crippen molar-refractivity contribution in [1.82, 2.24) is 0 Å². The van der Waals surface area contributed by atoms with Crippen molar-refractivity contribution >= 4 is 26.7 Å². The number of fused-ring (bicyclic) bond motifs is 1. The highest BCUT2D eigenvalue weighted by atomic mass is 79.9. The largest absolute Gasteiger partial charge is 0.0835 e. The van der Waals surface area contributed by atoms with Gasteiger partial charge in [0.1, 0.15) is 0 Å². The summed E-state index contributed by atoms with van der Waals surface area (Å²) < 4.78 is 0. The van der Waals surface area contributed by atoms with Crippen molar-refractivity contribution in [2.24, 2.45) is 0 Å². The summed E-state index contributed by atoms with van der Waals surface area (Å²) in [6.07, 6.45) is 1.01. The molecule has 0 aliphatic rings. The summed E-state index contributed by atoms with van der Waals surface area (Å²) in [5.41, 5.74) is 4.06. The molecule has 100 valence electrons. The van der Waals surface area contributed by atoms with E-state index in [4.69, 9.17) is 0 Å². The lowest BCUT2D eigenvalue weighted by Crippen LogP contribution is -1.96. The van der Waals surface area contributed by atoms with Crippen molar-refractivity contribution in [2.75, 3.05) is 0 Å². The monoisotopic (exact) mass is 324 g/mol. The van der Waals surface area contributed by atoms with E-state index in [2.05, 4.69) is 89.6 Å². The van der Waals surface area contributed by atoms with E-state index in [9.17, 15) is 0 Å². The molecular formula is C19H17Br. The van der Waals surface area contributed by atoms with Gasteiger partial charge >= 0.3 is 0 Å². The fourth-order valence-corrected chi connectivity index (χ4v) is 3.45. The maximum absolute atomic E-state index is 3.87. The molecule has 3 aromatic rings. The standard InChI is InChI=1S/C19H17Br/c1-14-6-4-7-15(12-14)13-19(20)18-11-5-9-16-8-2-3-10-17(16)18/h2-12,19H,13H2,1H3. The van der Waals surface area contributed by atoms with Gasteiger partial charge in [-0.05, 0) is 35.2 Å². The lowest BCUT2D eigenvalue weighted by molar-refractivity contribution is 0.955. The van der Waals surface area contributed by atoms with E-state index in [1.165, 1.54) is 27.5 Å². The molecule has 0 aromatic heterocycles. The average Bonchev–Trinajstić information content (AvgIpc) is 2.46. The summed E-state index contributed by atoms with van der Waals surface area (Å²) in [7, 11) is 0. The Hall–Kier alpha value is -1.60. The van der Waals surface area contributed by atoms with Gasteiger partial charge in [0.25, 0.3) is 0 Å². The first-order valence-electron chi connectivity index (χ1n) is 6.91. The molecule has 0 aliphatic carbocycles. The Balaban J connectivity index is 1.94. The van der Waals surface area contributed by atoms with Crippen LogP contribution in [0.2, 0.25) is 0 Å². The van der Waals surface area contributed by atoms with E-state index in [1.54, 1.807) is 0 Å². The molecule has 1 atom stereocenters. The number of hydrogen-bond donors (Lipinski definition) is 0. The molecular weight excluding hydrogens is 308 g/mol. The maximum atomic E-state index is 3.87. The SMILES string of the molecule is Cc1cccc(CC(Br)c2cccc3ccccc23)c1. The smallest absolute Gasteiger partial charge is 0.0441 e. The highest BCUT2D eigenvalue weighted by Crippen LogP contribution is 2.32. The van der Waals surface area contributed by atoms with Gasteiger partial charge < -0.3 is 0 Å². The highest BCUT2D eigenvalue weighted by molar-refractivity contribution is 9.09. The van der Waals surface area contributed by atoms with Gasteiger partial charge in [-0.1, -0.05) is 88.2 Å². The number of benzene rings is 3. The molecule has 0 spiro atoms. The zero-order valence-electron chi connectivity index (χ0n) is 11.5. The summed E-state index contributed by atoms with van der Waals surface area (Å²) in [4.78, 5) is 0.343. The van der Waals surface area contributed by atoms with Crippen LogP contribution in [0.3, 0.4) is 0 Å². The minimum Gasteiger partial charge on any atom is -0.0835 e. The van der Waals surface area contributed by atoms with Crippen molar-refractivity contribution < 1.29 is 0 Å². The van der Waals surface area contributed by atoms with E-state index in [0.29, 0.717) is 4.83 Å². The number of aryl methyl sites for hydroxylation is 1. The summed E-state index contributed by atoms with van der Waals surface area (Å²) in [5, 5.41) is 2.64. The molecule has 0 radical (unpaired) electrons. The average molecular weight is 325 g/mol. The van der Waals surface area contributed by atoms with E-state index >= 15 is 0 Å². The van der Waals surface area contributed by atoms with E-state index < -0.39 is 0 Å². The first-order chi connectivity index (χ1) is 9.74. The van der Waals surface area contributed by atoms with E-state index in [-0.39, 0.29) is 0 Å². The van der Waals surface area contributed by atoms with Crippen molar-refractivity contribution in [2.45, 2.75) is 18.2 Å². The molecule has 0 saturated heterocycles. The Morgan fingerprint density at radius 2 is 1.65 bits per heavy atom. The van der Waals surface area contributed by atoms with Crippen LogP contribution in [-0.2, 0) is 6.42 Å². The number of hydrogen-bond acceptors (Lipinski definition) is 0. The number of halogens is 1. The molecule has 0 heterocycles. The Morgan fingerprint density at radius 3 is 2.50 bits per heavy atom. The lowest BCUT2D eigenvalue weighted by atomic mass is 9.98. The van der Waals surface area contributed by atoms with Crippen molar-refractivity contribution in [3.8, 4) is 0 Å². The minimum absolute atomic E-state index is 0.343. The van der Waals surface area contributed by atoms with Crippen LogP contribution >= 0.6 is 15.9 Å². The van der Waals surface area contributed by atoms with Gasteiger partial charge in [0, 0.05) is 4.83 Å². The predicted molar refractivity (Wildman–Crippen MR) is 90.5 cm³/mol. The second-order valence-electron chi connectivity index (χ2n) is 5.23. The maximum Gasteiger partial charge on any atom is 0.0441 e. The van der Waals surface area contributed by atoms with Gasteiger partial charge in [-0.3, -0.25) is 0 Å². The fourth-order valence-electron chi connectivity index (χ4n) is 2.68. The fraction of sp³-hybridized carbons (Fsp3) is 0.158. The topological polar surface area (TPSA) is 0 Å². The van der Waals surface area contributed by atoms with Crippen LogP contribution in [0.15, 0.2) is 66.7 Å².